The molecule has 3 heterocycles. The van der Waals surface area contributed by atoms with Crippen LogP contribution in [-0.2, 0) is 10.3 Å². The quantitative estimate of drug-likeness (QED) is 0.514. The molecule has 3 aromatic heterocycles. The number of ether oxygens (including phenoxy) is 1. The van der Waals surface area contributed by atoms with E-state index in [-0.39, 0.29) is 11.5 Å². The largest absolute Gasteiger partial charge is 0.465 e. The molecule has 8 nitrogen and oxygen atoms in total. The van der Waals surface area contributed by atoms with Crippen molar-refractivity contribution in [2.75, 3.05) is 19.5 Å². The molecule has 0 atom stereocenters. The summed E-state index contributed by atoms with van der Waals surface area (Å²) in [6, 6.07) is 5.50. The van der Waals surface area contributed by atoms with Crippen LogP contribution in [0.2, 0.25) is 0 Å². The highest BCUT2D eigenvalue weighted by Gasteiger charge is 2.26. The van der Waals surface area contributed by atoms with E-state index < -0.39 is 0 Å². The van der Waals surface area contributed by atoms with E-state index in [4.69, 9.17) is 9.84 Å². The molecule has 0 bridgehead atoms. The van der Waals surface area contributed by atoms with E-state index in [1.165, 1.54) is 7.11 Å². The van der Waals surface area contributed by atoms with Gasteiger partial charge in [-0.15, -0.1) is 0 Å². The Bertz CT molecular complexity index is 1250. The van der Waals surface area contributed by atoms with Gasteiger partial charge in [-0.05, 0) is 45.4 Å². The van der Waals surface area contributed by atoms with Crippen LogP contribution in [0.4, 0.5) is 5.82 Å². The predicted molar refractivity (Wildman–Crippen MR) is 113 cm³/mol. The fraction of sp³-hybridized carbons (Fsp3) is 0.333. The highest BCUT2D eigenvalue weighted by atomic mass is 16.5. The molecule has 2 N–H and O–H groups in total. The van der Waals surface area contributed by atoms with E-state index in [1.54, 1.807) is 18.5 Å². The second kappa shape index (κ2) is 6.58. The maximum absolute atomic E-state index is 11.9. The summed E-state index contributed by atoms with van der Waals surface area (Å²) in [4.78, 5) is 24.3. The first-order valence-corrected chi connectivity index (χ1v) is 9.39. The Morgan fingerprint density at radius 2 is 2.00 bits per heavy atom. The second-order valence-corrected chi connectivity index (χ2v) is 7.98. The standard InChI is InChI=1S/C21H24N6O2/c1-11-13-8-7-12(20(28)29-6)9-14(13)25-16(11)17-15-18(22-5)23-10-24-19(15)27(26-17)21(2,3)4/h7-10,25H,1-6H3,(H,22,23,24). The number of fused-ring (bicyclic) bond motifs is 2. The van der Waals surface area contributed by atoms with Crippen molar-refractivity contribution in [3.63, 3.8) is 0 Å². The third-order valence-electron chi connectivity index (χ3n) is 5.05. The van der Waals surface area contributed by atoms with Gasteiger partial charge in [-0.1, -0.05) is 6.07 Å². The van der Waals surface area contributed by atoms with Gasteiger partial charge in [-0.2, -0.15) is 5.10 Å². The van der Waals surface area contributed by atoms with Gasteiger partial charge in [0.2, 0.25) is 0 Å². The van der Waals surface area contributed by atoms with E-state index in [0.29, 0.717) is 11.4 Å². The van der Waals surface area contributed by atoms with E-state index in [0.717, 1.165) is 38.9 Å². The van der Waals surface area contributed by atoms with Crippen LogP contribution in [0.15, 0.2) is 24.5 Å². The monoisotopic (exact) mass is 392 g/mol. The second-order valence-electron chi connectivity index (χ2n) is 7.98. The molecule has 1 aromatic carbocycles. The lowest BCUT2D eigenvalue weighted by molar-refractivity contribution is 0.0601. The van der Waals surface area contributed by atoms with Crippen molar-refractivity contribution in [1.82, 2.24) is 24.7 Å². The predicted octanol–water partition coefficient (Wildman–Crippen LogP) is 3.87. The molecule has 0 radical (unpaired) electrons. The van der Waals surface area contributed by atoms with Crippen LogP contribution in [-0.4, -0.2) is 44.9 Å². The maximum Gasteiger partial charge on any atom is 0.337 e. The first kappa shape index (κ1) is 18.9. The zero-order chi connectivity index (χ0) is 20.9. The number of aromatic nitrogens is 5. The van der Waals surface area contributed by atoms with E-state index >= 15 is 0 Å². The minimum absolute atomic E-state index is 0.256. The minimum atomic E-state index is -0.367. The fourth-order valence-electron chi connectivity index (χ4n) is 3.60. The summed E-state index contributed by atoms with van der Waals surface area (Å²) < 4.78 is 6.76. The molecular weight excluding hydrogens is 368 g/mol. The number of H-pyrrole nitrogens is 1. The Morgan fingerprint density at radius 3 is 2.66 bits per heavy atom. The molecule has 0 amide bonds. The number of nitrogens with one attached hydrogen (secondary N) is 2. The van der Waals surface area contributed by atoms with Gasteiger partial charge < -0.3 is 15.0 Å². The first-order chi connectivity index (χ1) is 13.8. The lowest BCUT2D eigenvalue weighted by Gasteiger charge is -2.19. The summed E-state index contributed by atoms with van der Waals surface area (Å²) in [5.41, 5.74) is 4.55. The van der Waals surface area contributed by atoms with Crippen molar-refractivity contribution in [3.05, 3.63) is 35.7 Å². The molecule has 29 heavy (non-hydrogen) atoms. The van der Waals surface area contributed by atoms with Gasteiger partial charge >= 0.3 is 5.97 Å². The van der Waals surface area contributed by atoms with Gasteiger partial charge in [0.15, 0.2) is 5.65 Å². The number of methoxy groups -OCH3 is 1. The number of benzene rings is 1. The number of hydrogen-bond donors (Lipinski definition) is 2. The Kier molecular flexibility index (Phi) is 4.29. The van der Waals surface area contributed by atoms with E-state index in [9.17, 15) is 4.79 Å². The number of esters is 1. The van der Waals surface area contributed by atoms with Crippen LogP contribution in [0.1, 0.15) is 36.7 Å². The number of rotatable bonds is 3. The average Bonchev–Trinajstić information content (AvgIpc) is 3.25. The molecule has 0 aliphatic rings. The zero-order valence-corrected chi connectivity index (χ0v) is 17.4. The van der Waals surface area contributed by atoms with Crippen molar-refractivity contribution >= 4 is 33.7 Å². The molecule has 0 spiro atoms. The third-order valence-corrected chi connectivity index (χ3v) is 5.05. The lowest BCUT2D eigenvalue weighted by atomic mass is 10.1. The van der Waals surface area contributed by atoms with E-state index in [2.05, 4.69) is 41.0 Å². The summed E-state index contributed by atoms with van der Waals surface area (Å²) in [7, 11) is 3.21. The number of nitrogens with zero attached hydrogens (tertiary/aromatic N) is 4. The van der Waals surface area contributed by atoms with Gasteiger partial charge in [0.1, 0.15) is 17.8 Å². The van der Waals surface area contributed by atoms with Gasteiger partial charge in [-0.3, -0.25) is 0 Å². The van der Waals surface area contributed by atoms with Crippen molar-refractivity contribution < 1.29 is 9.53 Å². The zero-order valence-electron chi connectivity index (χ0n) is 17.4. The SMILES string of the molecule is CNc1ncnc2c1c(-c1[nH]c3cc(C(=O)OC)ccc3c1C)nn2C(C)(C)C. The molecule has 0 saturated heterocycles. The first-order valence-electron chi connectivity index (χ1n) is 9.39. The summed E-state index contributed by atoms with van der Waals surface area (Å²) >= 11 is 0. The normalized spacial score (nSPS) is 11.9. The minimum Gasteiger partial charge on any atom is -0.465 e. The summed E-state index contributed by atoms with van der Waals surface area (Å²) in [5, 5.41) is 9.95. The lowest BCUT2D eigenvalue weighted by Crippen LogP contribution is -2.23. The number of anilines is 1. The number of carbonyl (C=O) groups is 1. The summed E-state index contributed by atoms with van der Waals surface area (Å²) in [6.45, 7) is 8.30. The number of hydrogen-bond acceptors (Lipinski definition) is 6. The topological polar surface area (TPSA) is 97.7 Å². The average molecular weight is 392 g/mol. The molecule has 150 valence electrons. The van der Waals surface area contributed by atoms with Gasteiger partial charge in [0.25, 0.3) is 0 Å². The summed E-state index contributed by atoms with van der Waals surface area (Å²) in [6.07, 6.45) is 1.54. The highest BCUT2D eigenvalue weighted by molar-refractivity contribution is 6.03. The van der Waals surface area contributed by atoms with Crippen LogP contribution in [0.5, 0.6) is 0 Å². The Labute approximate surface area is 168 Å². The van der Waals surface area contributed by atoms with Crippen LogP contribution in [0, 0.1) is 6.92 Å². The van der Waals surface area contributed by atoms with Gasteiger partial charge in [-0.25, -0.2) is 19.4 Å². The van der Waals surface area contributed by atoms with Crippen LogP contribution in [0.25, 0.3) is 33.3 Å². The number of aryl methyl sites for hydroxylation is 1. The fourth-order valence-corrected chi connectivity index (χ4v) is 3.60. The molecule has 4 aromatic rings. The van der Waals surface area contributed by atoms with Gasteiger partial charge in [0, 0.05) is 18.0 Å². The molecule has 4 rings (SSSR count). The van der Waals surface area contributed by atoms with Crippen molar-refractivity contribution in [2.24, 2.45) is 0 Å². The summed E-state index contributed by atoms with van der Waals surface area (Å²) in [5.74, 6) is 0.350. The van der Waals surface area contributed by atoms with Crippen LogP contribution < -0.4 is 5.32 Å². The molecule has 0 aliphatic heterocycles. The third kappa shape index (κ3) is 2.91. The Hall–Kier alpha value is -3.42. The van der Waals surface area contributed by atoms with Crippen LogP contribution >= 0.6 is 0 Å². The smallest absolute Gasteiger partial charge is 0.337 e. The molecule has 0 fully saturated rings. The molecule has 0 unspecified atom stereocenters. The number of carbonyl (C=O) groups excluding carboxylic acids is 1. The van der Waals surface area contributed by atoms with Crippen molar-refractivity contribution in [1.29, 1.82) is 0 Å². The molecule has 0 saturated carbocycles. The highest BCUT2D eigenvalue weighted by Crippen LogP contribution is 2.37. The van der Waals surface area contributed by atoms with Gasteiger partial charge in [0.05, 0.1) is 29.3 Å². The Morgan fingerprint density at radius 1 is 1.24 bits per heavy atom. The van der Waals surface area contributed by atoms with Crippen LogP contribution in [0.3, 0.4) is 0 Å². The maximum atomic E-state index is 11.9. The van der Waals surface area contributed by atoms with Crippen molar-refractivity contribution in [2.45, 2.75) is 33.2 Å². The van der Waals surface area contributed by atoms with Crippen molar-refractivity contribution in [3.8, 4) is 11.4 Å². The molecule has 8 heteroatoms. The molecule has 0 aliphatic carbocycles. The number of aromatic amines is 1. The molecular formula is C21H24N6O2. The van der Waals surface area contributed by atoms with E-state index in [1.807, 2.05) is 24.7 Å². The Balaban J connectivity index is 2.03.